The van der Waals surface area contributed by atoms with Gasteiger partial charge in [-0.1, -0.05) is 41.4 Å². The van der Waals surface area contributed by atoms with Crippen LogP contribution in [0.3, 0.4) is 0 Å². The molecule has 0 aliphatic carbocycles. The minimum Gasteiger partial charge on any atom is -0.323 e. The van der Waals surface area contributed by atoms with Gasteiger partial charge in [-0.15, -0.1) is 10.2 Å². The first-order valence-corrected chi connectivity index (χ1v) is 7.89. The fraction of sp³-hybridized carbons (Fsp3) is 0.125. The number of aromatic nitrogens is 4. The molecular weight excluding hydrogens is 360 g/mol. The summed E-state index contributed by atoms with van der Waals surface area (Å²) in [6, 6.07) is 11.4. The number of nitro benzene ring substituents is 1. The van der Waals surface area contributed by atoms with Crippen molar-refractivity contribution >= 4 is 28.9 Å². The van der Waals surface area contributed by atoms with Gasteiger partial charge >= 0.3 is 0 Å². The predicted molar refractivity (Wildman–Crippen MR) is 94.7 cm³/mol. The van der Waals surface area contributed by atoms with Crippen molar-refractivity contribution in [2.75, 3.05) is 5.32 Å². The molecule has 3 rings (SSSR count). The molecule has 1 heterocycles. The SMILES string of the molecule is Cc1ccc(-c2nnn(CC(=O)Nc3cc([N+](=O)[O-])ccc3Cl)n2)cc1. The van der Waals surface area contributed by atoms with Gasteiger partial charge in [0.15, 0.2) is 0 Å². The Morgan fingerprint density at radius 3 is 2.69 bits per heavy atom. The molecule has 2 aromatic carbocycles. The van der Waals surface area contributed by atoms with Crippen molar-refractivity contribution < 1.29 is 9.72 Å². The third-order valence-corrected chi connectivity index (χ3v) is 3.81. The van der Waals surface area contributed by atoms with Crippen molar-refractivity contribution in [1.82, 2.24) is 20.2 Å². The lowest BCUT2D eigenvalue weighted by Gasteiger charge is -2.06. The molecule has 0 atom stereocenters. The van der Waals surface area contributed by atoms with Gasteiger partial charge in [0.2, 0.25) is 11.7 Å². The molecule has 132 valence electrons. The zero-order valence-corrected chi connectivity index (χ0v) is 14.3. The number of nitrogens with one attached hydrogen (secondary N) is 1. The number of halogens is 1. The van der Waals surface area contributed by atoms with E-state index in [0.717, 1.165) is 15.9 Å². The Labute approximate surface area is 152 Å². The second-order valence-corrected chi connectivity index (χ2v) is 5.89. The number of aryl methyl sites for hydroxylation is 1. The number of carbonyl (C=O) groups excluding carboxylic acids is 1. The summed E-state index contributed by atoms with van der Waals surface area (Å²) in [5, 5.41) is 25.4. The first-order chi connectivity index (χ1) is 12.4. The standard InChI is InChI=1S/C16H13ClN6O3/c1-10-2-4-11(5-3-10)16-19-21-22(20-16)9-15(24)18-14-8-12(23(25)26)6-7-13(14)17/h2-8H,9H2,1H3,(H,18,24). The van der Waals surface area contributed by atoms with Gasteiger partial charge in [0.25, 0.3) is 5.69 Å². The second kappa shape index (κ2) is 7.28. The third kappa shape index (κ3) is 4.01. The van der Waals surface area contributed by atoms with Crippen LogP contribution in [-0.2, 0) is 11.3 Å². The predicted octanol–water partition coefficient (Wildman–Crippen LogP) is 2.85. The number of nitrogens with zero attached hydrogens (tertiary/aromatic N) is 5. The monoisotopic (exact) mass is 372 g/mol. The van der Waals surface area contributed by atoms with E-state index in [0.29, 0.717) is 5.82 Å². The summed E-state index contributed by atoms with van der Waals surface area (Å²) in [5.41, 5.74) is 1.85. The van der Waals surface area contributed by atoms with Gasteiger partial charge in [0, 0.05) is 17.7 Å². The highest BCUT2D eigenvalue weighted by Gasteiger charge is 2.14. The summed E-state index contributed by atoms with van der Waals surface area (Å²) in [6.07, 6.45) is 0. The second-order valence-electron chi connectivity index (χ2n) is 5.48. The van der Waals surface area contributed by atoms with Gasteiger partial charge < -0.3 is 5.32 Å². The molecule has 1 amide bonds. The van der Waals surface area contributed by atoms with Crippen LogP contribution in [0, 0.1) is 17.0 Å². The maximum absolute atomic E-state index is 12.1. The van der Waals surface area contributed by atoms with Gasteiger partial charge in [-0.05, 0) is 18.2 Å². The van der Waals surface area contributed by atoms with E-state index in [4.69, 9.17) is 11.6 Å². The van der Waals surface area contributed by atoms with Crippen molar-refractivity contribution in [3.63, 3.8) is 0 Å². The first-order valence-electron chi connectivity index (χ1n) is 7.51. The lowest BCUT2D eigenvalue weighted by atomic mass is 10.1. The number of amides is 1. The molecule has 9 nitrogen and oxygen atoms in total. The first kappa shape index (κ1) is 17.5. The van der Waals surface area contributed by atoms with Crippen LogP contribution in [0.1, 0.15) is 5.56 Å². The number of hydrogen-bond donors (Lipinski definition) is 1. The van der Waals surface area contributed by atoms with E-state index in [9.17, 15) is 14.9 Å². The Morgan fingerprint density at radius 1 is 1.27 bits per heavy atom. The number of benzene rings is 2. The topological polar surface area (TPSA) is 116 Å². The molecule has 10 heteroatoms. The highest BCUT2D eigenvalue weighted by molar-refractivity contribution is 6.33. The summed E-state index contributed by atoms with van der Waals surface area (Å²) >= 11 is 5.96. The number of non-ortho nitro benzene ring substituents is 1. The van der Waals surface area contributed by atoms with Crippen molar-refractivity contribution in [3.05, 3.63) is 63.2 Å². The largest absolute Gasteiger partial charge is 0.323 e. The van der Waals surface area contributed by atoms with E-state index < -0.39 is 10.8 Å². The fourth-order valence-corrected chi connectivity index (χ4v) is 2.33. The number of tetrazole rings is 1. The summed E-state index contributed by atoms with van der Waals surface area (Å²) in [6.45, 7) is 1.76. The molecule has 0 aliphatic heterocycles. The van der Waals surface area contributed by atoms with Gasteiger partial charge in [0.1, 0.15) is 6.54 Å². The molecule has 26 heavy (non-hydrogen) atoms. The van der Waals surface area contributed by atoms with Crippen LogP contribution in [0.2, 0.25) is 5.02 Å². The van der Waals surface area contributed by atoms with Crippen molar-refractivity contribution in [3.8, 4) is 11.4 Å². The molecule has 0 saturated heterocycles. The molecule has 0 unspecified atom stereocenters. The Morgan fingerprint density at radius 2 is 2.00 bits per heavy atom. The van der Waals surface area contributed by atoms with Crippen molar-refractivity contribution in [2.24, 2.45) is 0 Å². The molecule has 0 spiro atoms. The Bertz CT molecular complexity index is 970. The van der Waals surface area contributed by atoms with Crippen LogP contribution in [0.15, 0.2) is 42.5 Å². The number of rotatable bonds is 5. The lowest BCUT2D eigenvalue weighted by molar-refractivity contribution is -0.384. The van der Waals surface area contributed by atoms with Crippen LogP contribution in [0.25, 0.3) is 11.4 Å². The highest BCUT2D eigenvalue weighted by atomic mass is 35.5. The molecule has 0 aliphatic rings. The Kier molecular flexibility index (Phi) is 4.90. The summed E-state index contributed by atoms with van der Waals surface area (Å²) < 4.78 is 0. The third-order valence-electron chi connectivity index (χ3n) is 3.48. The van der Waals surface area contributed by atoms with Gasteiger partial charge in [0.05, 0.1) is 15.6 Å². The number of nitro groups is 1. The maximum Gasteiger partial charge on any atom is 0.271 e. The van der Waals surface area contributed by atoms with Crippen LogP contribution in [0.5, 0.6) is 0 Å². The summed E-state index contributed by atoms with van der Waals surface area (Å²) in [7, 11) is 0. The van der Waals surface area contributed by atoms with Crippen LogP contribution < -0.4 is 5.32 Å². The lowest BCUT2D eigenvalue weighted by Crippen LogP contribution is -2.20. The highest BCUT2D eigenvalue weighted by Crippen LogP contribution is 2.26. The van der Waals surface area contributed by atoms with Gasteiger partial charge in [-0.25, -0.2) is 0 Å². The minimum atomic E-state index is -0.571. The normalized spacial score (nSPS) is 10.5. The Balaban J connectivity index is 1.70. The van der Waals surface area contributed by atoms with E-state index in [1.54, 1.807) is 0 Å². The van der Waals surface area contributed by atoms with Crippen LogP contribution >= 0.6 is 11.6 Å². The average molecular weight is 373 g/mol. The van der Waals surface area contributed by atoms with Crippen LogP contribution in [-0.4, -0.2) is 31.0 Å². The molecule has 3 aromatic rings. The summed E-state index contributed by atoms with van der Waals surface area (Å²) in [5.74, 6) is -0.0913. The van der Waals surface area contributed by atoms with E-state index in [1.165, 1.54) is 18.2 Å². The zero-order valence-electron chi connectivity index (χ0n) is 13.6. The van der Waals surface area contributed by atoms with Crippen molar-refractivity contribution in [1.29, 1.82) is 0 Å². The molecule has 0 bridgehead atoms. The quantitative estimate of drug-likeness (QED) is 0.543. The molecule has 0 radical (unpaired) electrons. The minimum absolute atomic E-state index is 0.143. The zero-order chi connectivity index (χ0) is 18.7. The van der Waals surface area contributed by atoms with Gasteiger partial charge in [-0.3, -0.25) is 14.9 Å². The number of hydrogen-bond acceptors (Lipinski definition) is 6. The smallest absolute Gasteiger partial charge is 0.271 e. The summed E-state index contributed by atoms with van der Waals surface area (Å²) in [4.78, 5) is 23.5. The molecular formula is C16H13ClN6O3. The van der Waals surface area contributed by atoms with E-state index in [-0.39, 0.29) is 22.9 Å². The van der Waals surface area contributed by atoms with Gasteiger partial charge in [-0.2, -0.15) is 4.80 Å². The van der Waals surface area contributed by atoms with Crippen molar-refractivity contribution in [2.45, 2.75) is 13.5 Å². The fourth-order valence-electron chi connectivity index (χ4n) is 2.17. The van der Waals surface area contributed by atoms with Crippen LogP contribution in [0.4, 0.5) is 11.4 Å². The molecule has 0 saturated carbocycles. The number of carbonyl (C=O) groups is 1. The Hall–Kier alpha value is -3.33. The van der Waals surface area contributed by atoms with E-state index in [1.807, 2.05) is 31.2 Å². The number of anilines is 1. The molecule has 0 fully saturated rings. The van der Waals surface area contributed by atoms with E-state index in [2.05, 4.69) is 20.7 Å². The average Bonchev–Trinajstić information content (AvgIpc) is 3.05. The maximum atomic E-state index is 12.1. The van der Waals surface area contributed by atoms with E-state index >= 15 is 0 Å². The molecule has 1 aromatic heterocycles. The molecule has 1 N–H and O–H groups in total.